The Morgan fingerprint density at radius 2 is 2.06 bits per heavy atom. The zero-order valence-corrected chi connectivity index (χ0v) is 11.0. The van der Waals surface area contributed by atoms with Crippen molar-refractivity contribution >= 4 is 17.7 Å². The normalized spacial score (nSPS) is 12.4. The second-order valence-corrected chi connectivity index (χ2v) is 4.81. The summed E-state index contributed by atoms with van der Waals surface area (Å²) in [6.45, 7) is 2.13. The summed E-state index contributed by atoms with van der Waals surface area (Å²) in [7, 11) is 1.72. The number of thioether (sulfide) groups is 1. The summed E-state index contributed by atoms with van der Waals surface area (Å²) >= 11 is 1.33. The van der Waals surface area contributed by atoms with E-state index in [1.165, 1.54) is 11.8 Å². The molecule has 17 heavy (non-hydrogen) atoms. The highest BCUT2D eigenvalue weighted by atomic mass is 32.2. The van der Waals surface area contributed by atoms with E-state index in [1.807, 2.05) is 24.3 Å². The molecule has 0 radical (unpaired) electrons. The number of hydrogen-bond acceptors (Lipinski definition) is 3. The minimum absolute atomic E-state index is 0.0992. The smallest absolute Gasteiger partial charge is 0.313 e. The highest BCUT2D eigenvalue weighted by molar-refractivity contribution is 8.00. The van der Waals surface area contributed by atoms with Crippen molar-refractivity contribution < 1.29 is 14.6 Å². The Morgan fingerprint density at radius 1 is 1.41 bits per heavy atom. The zero-order valence-electron chi connectivity index (χ0n) is 10.2. The van der Waals surface area contributed by atoms with Crippen LogP contribution in [0, 0.1) is 0 Å². The van der Waals surface area contributed by atoms with Crippen LogP contribution in [0.2, 0.25) is 0 Å². The molecule has 0 spiro atoms. The number of carboxylic acid groups (broad SMARTS) is 1. The van der Waals surface area contributed by atoms with Crippen LogP contribution in [0.5, 0.6) is 0 Å². The van der Waals surface area contributed by atoms with Gasteiger partial charge in [-0.05, 0) is 24.1 Å². The van der Waals surface area contributed by atoms with Gasteiger partial charge in [-0.3, -0.25) is 4.79 Å². The summed E-state index contributed by atoms with van der Waals surface area (Å²) in [4.78, 5) is 11.4. The fourth-order valence-electron chi connectivity index (χ4n) is 1.61. The van der Waals surface area contributed by atoms with Gasteiger partial charge in [-0.25, -0.2) is 0 Å². The van der Waals surface area contributed by atoms with Crippen LogP contribution in [0.1, 0.15) is 31.4 Å². The third-order valence-corrected chi connectivity index (χ3v) is 3.45. The van der Waals surface area contributed by atoms with Crippen molar-refractivity contribution in [1.82, 2.24) is 0 Å². The van der Waals surface area contributed by atoms with Crippen molar-refractivity contribution in [3.63, 3.8) is 0 Å². The van der Waals surface area contributed by atoms with E-state index in [2.05, 4.69) is 6.92 Å². The largest absolute Gasteiger partial charge is 0.481 e. The second kappa shape index (κ2) is 7.35. The van der Waals surface area contributed by atoms with Crippen LogP contribution in [-0.2, 0) is 9.53 Å². The average Bonchev–Trinajstić information content (AvgIpc) is 2.34. The molecule has 4 heteroatoms. The summed E-state index contributed by atoms with van der Waals surface area (Å²) < 4.78 is 5.41. The Bertz CT molecular complexity index is 348. The first-order valence-electron chi connectivity index (χ1n) is 5.64. The van der Waals surface area contributed by atoms with Gasteiger partial charge in [0.1, 0.15) is 0 Å². The molecule has 0 aromatic heterocycles. The van der Waals surface area contributed by atoms with Crippen LogP contribution < -0.4 is 0 Å². The molecule has 0 fully saturated rings. The summed E-state index contributed by atoms with van der Waals surface area (Å²) in [5.74, 6) is -0.693. The maximum Gasteiger partial charge on any atom is 0.313 e. The van der Waals surface area contributed by atoms with Gasteiger partial charge in [-0.2, -0.15) is 0 Å². The van der Waals surface area contributed by atoms with Crippen molar-refractivity contribution in [2.45, 2.75) is 30.8 Å². The Kier molecular flexibility index (Phi) is 6.08. The van der Waals surface area contributed by atoms with E-state index in [1.54, 1.807) is 7.11 Å². The molecule has 0 bridgehead atoms. The lowest BCUT2D eigenvalue weighted by Gasteiger charge is -2.14. The van der Waals surface area contributed by atoms with Crippen molar-refractivity contribution in [3.8, 4) is 0 Å². The number of hydrogen-bond donors (Lipinski definition) is 1. The highest BCUT2D eigenvalue weighted by Gasteiger charge is 2.09. The minimum atomic E-state index is -0.792. The van der Waals surface area contributed by atoms with Crippen LogP contribution in [0.3, 0.4) is 0 Å². The first-order chi connectivity index (χ1) is 8.17. The van der Waals surface area contributed by atoms with Crippen LogP contribution in [0.15, 0.2) is 29.2 Å². The van der Waals surface area contributed by atoms with Gasteiger partial charge in [-0.1, -0.05) is 25.5 Å². The summed E-state index contributed by atoms with van der Waals surface area (Å²) in [6.07, 6.45) is 2.21. The molecule has 1 rings (SSSR count). The second-order valence-electron chi connectivity index (χ2n) is 3.76. The van der Waals surface area contributed by atoms with Crippen LogP contribution in [0.4, 0.5) is 0 Å². The molecule has 3 nitrogen and oxygen atoms in total. The van der Waals surface area contributed by atoms with Crippen molar-refractivity contribution in [3.05, 3.63) is 29.8 Å². The van der Waals surface area contributed by atoms with E-state index in [-0.39, 0.29) is 11.9 Å². The predicted molar refractivity (Wildman–Crippen MR) is 69.5 cm³/mol. The quantitative estimate of drug-likeness (QED) is 0.758. The Hall–Kier alpha value is -1.00. The van der Waals surface area contributed by atoms with Crippen molar-refractivity contribution in [1.29, 1.82) is 0 Å². The van der Waals surface area contributed by atoms with E-state index in [0.29, 0.717) is 0 Å². The Balaban J connectivity index is 2.62. The molecule has 0 unspecified atom stereocenters. The number of rotatable bonds is 7. The van der Waals surface area contributed by atoms with Crippen LogP contribution >= 0.6 is 11.8 Å². The fourth-order valence-corrected chi connectivity index (χ4v) is 2.23. The van der Waals surface area contributed by atoms with E-state index in [9.17, 15) is 4.79 Å². The van der Waals surface area contributed by atoms with Gasteiger partial charge in [0.15, 0.2) is 0 Å². The maximum absolute atomic E-state index is 10.4. The summed E-state index contributed by atoms with van der Waals surface area (Å²) in [5.41, 5.74) is 1.15. The third kappa shape index (κ3) is 4.79. The van der Waals surface area contributed by atoms with Gasteiger partial charge in [-0.15, -0.1) is 11.8 Å². The van der Waals surface area contributed by atoms with Gasteiger partial charge in [0.25, 0.3) is 0 Å². The lowest BCUT2D eigenvalue weighted by atomic mass is 10.1. The molecule has 0 aliphatic carbocycles. The predicted octanol–water partition coefficient (Wildman–Crippen LogP) is 3.35. The summed E-state index contributed by atoms with van der Waals surface area (Å²) in [6, 6.07) is 7.91. The topological polar surface area (TPSA) is 46.5 Å². The van der Waals surface area contributed by atoms with E-state index in [4.69, 9.17) is 9.84 Å². The number of carboxylic acids is 1. The van der Waals surface area contributed by atoms with Gasteiger partial charge in [0.2, 0.25) is 0 Å². The zero-order chi connectivity index (χ0) is 12.7. The first kappa shape index (κ1) is 14.1. The molecule has 0 aliphatic rings. The lowest BCUT2D eigenvalue weighted by Crippen LogP contribution is -2.01. The molecule has 1 aromatic rings. The molecule has 0 saturated carbocycles. The first-order valence-corrected chi connectivity index (χ1v) is 6.63. The maximum atomic E-state index is 10.4. The third-order valence-electron chi connectivity index (χ3n) is 2.45. The molecule has 0 aliphatic heterocycles. The number of benzene rings is 1. The number of ether oxygens (including phenoxy) is 1. The monoisotopic (exact) mass is 254 g/mol. The molecular formula is C13H18O3S. The van der Waals surface area contributed by atoms with Gasteiger partial charge >= 0.3 is 5.97 Å². The molecular weight excluding hydrogens is 236 g/mol. The van der Waals surface area contributed by atoms with Gasteiger partial charge in [0.05, 0.1) is 11.9 Å². The Labute approximate surface area is 106 Å². The van der Waals surface area contributed by atoms with E-state index in [0.717, 1.165) is 23.3 Å². The minimum Gasteiger partial charge on any atom is -0.481 e. The summed E-state index contributed by atoms with van der Waals surface area (Å²) in [5, 5.41) is 8.58. The molecule has 1 N–H and O–H groups in total. The van der Waals surface area contributed by atoms with E-state index < -0.39 is 5.97 Å². The van der Waals surface area contributed by atoms with Crippen molar-refractivity contribution in [2.75, 3.05) is 12.9 Å². The van der Waals surface area contributed by atoms with E-state index >= 15 is 0 Å². The standard InChI is InChI=1S/C13H18O3S/c1-3-4-12(16-2)10-5-7-11(8-6-10)17-9-13(14)15/h5-8,12H,3-4,9H2,1-2H3,(H,14,15)/t12-/m0/s1. The highest BCUT2D eigenvalue weighted by Crippen LogP contribution is 2.25. The number of methoxy groups -OCH3 is 1. The van der Waals surface area contributed by atoms with Crippen molar-refractivity contribution in [2.24, 2.45) is 0 Å². The number of carbonyl (C=O) groups is 1. The van der Waals surface area contributed by atoms with Crippen LogP contribution in [-0.4, -0.2) is 23.9 Å². The fraction of sp³-hybridized carbons (Fsp3) is 0.462. The SMILES string of the molecule is CCC[C@H](OC)c1ccc(SCC(=O)O)cc1. The van der Waals surface area contributed by atoms with Gasteiger partial charge in [0, 0.05) is 12.0 Å². The number of aliphatic carboxylic acids is 1. The molecule has 0 amide bonds. The van der Waals surface area contributed by atoms with Crippen LogP contribution in [0.25, 0.3) is 0 Å². The Morgan fingerprint density at radius 3 is 2.53 bits per heavy atom. The average molecular weight is 254 g/mol. The molecule has 1 atom stereocenters. The molecule has 0 saturated heterocycles. The van der Waals surface area contributed by atoms with Gasteiger partial charge < -0.3 is 9.84 Å². The molecule has 94 valence electrons. The molecule has 0 heterocycles. The lowest BCUT2D eigenvalue weighted by molar-refractivity contribution is -0.133. The molecule has 1 aromatic carbocycles.